The summed E-state index contributed by atoms with van der Waals surface area (Å²) < 4.78 is 30.4. The number of rotatable bonds is 6. The Morgan fingerprint density at radius 2 is 2.00 bits per heavy atom. The minimum absolute atomic E-state index is 0.0828. The Bertz CT molecular complexity index is 420. The number of hydrogen-bond acceptors (Lipinski definition) is 3. The van der Waals surface area contributed by atoms with Gasteiger partial charge in [-0.25, -0.2) is 13.6 Å². The van der Waals surface area contributed by atoms with E-state index in [4.69, 9.17) is 4.74 Å². The minimum Gasteiger partial charge on any atom is -0.445 e. The number of aliphatic hydroxyl groups excluding tert-OH is 1. The zero-order chi connectivity index (χ0) is 15.2. The molecule has 2 atom stereocenters. The lowest BCUT2D eigenvalue weighted by Gasteiger charge is -2.22. The van der Waals surface area contributed by atoms with Crippen LogP contribution in [-0.4, -0.2) is 29.3 Å². The summed E-state index contributed by atoms with van der Waals surface area (Å²) in [6.45, 7) is 2.25. The van der Waals surface area contributed by atoms with E-state index in [1.807, 2.05) is 18.2 Å². The highest BCUT2D eigenvalue weighted by Crippen LogP contribution is 2.20. The molecule has 20 heavy (non-hydrogen) atoms. The lowest BCUT2D eigenvalue weighted by Crippen LogP contribution is -2.43. The van der Waals surface area contributed by atoms with E-state index in [0.717, 1.165) is 12.5 Å². The highest BCUT2D eigenvalue weighted by Gasteiger charge is 2.29. The Morgan fingerprint density at radius 1 is 1.40 bits per heavy atom. The number of carbonyl (C=O) groups is 1. The van der Waals surface area contributed by atoms with Gasteiger partial charge in [-0.05, 0) is 19.4 Å². The molecule has 0 aliphatic heterocycles. The van der Waals surface area contributed by atoms with Gasteiger partial charge in [0, 0.05) is 6.42 Å². The summed E-state index contributed by atoms with van der Waals surface area (Å²) in [7, 11) is 0. The topological polar surface area (TPSA) is 58.6 Å². The van der Waals surface area contributed by atoms with Crippen molar-refractivity contribution in [3.63, 3.8) is 0 Å². The van der Waals surface area contributed by atoms with Gasteiger partial charge in [-0.3, -0.25) is 0 Å². The molecule has 1 amide bonds. The van der Waals surface area contributed by atoms with Crippen molar-refractivity contribution >= 4 is 6.09 Å². The molecule has 2 N–H and O–H groups in total. The van der Waals surface area contributed by atoms with E-state index in [0.29, 0.717) is 0 Å². The highest BCUT2D eigenvalue weighted by atomic mass is 19.3. The number of nitrogens with one attached hydrogen (secondary N) is 1. The molecular formula is C14H19F2NO3. The summed E-state index contributed by atoms with van der Waals surface area (Å²) in [5.74, 6) is -2.98. The average Bonchev–Trinajstić information content (AvgIpc) is 2.35. The molecule has 0 aliphatic carbocycles. The number of carbonyl (C=O) groups excluding carboxylic acids is 1. The van der Waals surface area contributed by atoms with Crippen molar-refractivity contribution in [1.82, 2.24) is 5.32 Å². The van der Waals surface area contributed by atoms with Crippen LogP contribution in [0.3, 0.4) is 0 Å². The van der Waals surface area contributed by atoms with E-state index in [1.165, 1.54) is 6.92 Å². The molecule has 1 rings (SSSR count). The van der Waals surface area contributed by atoms with Crippen LogP contribution < -0.4 is 5.32 Å². The molecule has 0 aromatic heterocycles. The molecule has 1 aromatic carbocycles. The van der Waals surface area contributed by atoms with Crippen molar-refractivity contribution in [2.24, 2.45) is 0 Å². The van der Waals surface area contributed by atoms with Gasteiger partial charge in [0.25, 0.3) is 0 Å². The molecule has 0 fully saturated rings. The average molecular weight is 287 g/mol. The van der Waals surface area contributed by atoms with E-state index >= 15 is 0 Å². The third-order valence-electron chi connectivity index (χ3n) is 2.70. The van der Waals surface area contributed by atoms with E-state index in [-0.39, 0.29) is 6.61 Å². The van der Waals surface area contributed by atoms with Crippen LogP contribution in [0.25, 0.3) is 0 Å². The molecule has 0 saturated heterocycles. The number of benzene rings is 1. The van der Waals surface area contributed by atoms with Gasteiger partial charge in [0.05, 0.1) is 12.1 Å². The second-order valence-corrected chi connectivity index (χ2v) is 4.84. The molecule has 0 saturated carbocycles. The van der Waals surface area contributed by atoms with Gasteiger partial charge in [-0.1, -0.05) is 30.3 Å². The van der Waals surface area contributed by atoms with Crippen molar-refractivity contribution in [2.45, 2.75) is 44.9 Å². The van der Waals surface area contributed by atoms with Crippen molar-refractivity contribution in [1.29, 1.82) is 0 Å². The van der Waals surface area contributed by atoms with E-state index < -0.39 is 30.6 Å². The molecule has 0 radical (unpaired) electrons. The molecule has 0 heterocycles. The van der Waals surface area contributed by atoms with Crippen molar-refractivity contribution < 1.29 is 23.4 Å². The maximum Gasteiger partial charge on any atom is 0.407 e. The number of amides is 1. The largest absolute Gasteiger partial charge is 0.445 e. The third-order valence-corrected chi connectivity index (χ3v) is 2.70. The SMILES string of the molecule is CC(NC(=O)OCc1ccccc1)C(O)CC(C)(F)F. The summed E-state index contributed by atoms with van der Waals surface area (Å²) in [5.41, 5.74) is 0.816. The molecule has 1 aromatic rings. The van der Waals surface area contributed by atoms with Crippen LogP contribution in [-0.2, 0) is 11.3 Å². The van der Waals surface area contributed by atoms with E-state index in [1.54, 1.807) is 12.1 Å². The van der Waals surface area contributed by atoms with Crippen molar-refractivity contribution in [3.05, 3.63) is 35.9 Å². The van der Waals surface area contributed by atoms with Crippen LogP contribution >= 0.6 is 0 Å². The van der Waals surface area contributed by atoms with Crippen LogP contribution in [0.5, 0.6) is 0 Å². The fourth-order valence-corrected chi connectivity index (χ4v) is 1.59. The number of aliphatic hydroxyl groups is 1. The Kier molecular flexibility index (Phi) is 5.88. The van der Waals surface area contributed by atoms with Gasteiger partial charge < -0.3 is 15.2 Å². The maximum absolute atomic E-state index is 12.7. The molecule has 0 aliphatic rings. The predicted molar refractivity (Wildman–Crippen MR) is 70.5 cm³/mol. The monoisotopic (exact) mass is 287 g/mol. The third kappa shape index (κ3) is 6.47. The minimum atomic E-state index is -2.98. The second kappa shape index (κ2) is 7.19. The van der Waals surface area contributed by atoms with E-state index in [2.05, 4.69) is 5.32 Å². The van der Waals surface area contributed by atoms with E-state index in [9.17, 15) is 18.7 Å². The molecule has 112 valence electrons. The highest BCUT2D eigenvalue weighted by molar-refractivity contribution is 5.67. The van der Waals surface area contributed by atoms with Gasteiger partial charge in [0.15, 0.2) is 0 Å². The molecule has 2 unspecified atom stereocenters. The van der Waals surface area contributed by atoms with Crippen LogP contribution in [0.15, 0.2) is 30.3 Å². The summed E-state index contributed by atoms with van der Waals surface area (Å²) in [5, 5.41) is 11.9. The van der Waals surface area contributed by atoms with Crippen LogP contribution in [0.4, 0.5) is 13.6 Å². The smallest absolute Gasteiger partial charge is 0.407 e. The van der Waals surface area contributed by atoms with Crippen molar-refractivity contribution in [3.8, 4) is 0 Å². The second-order valence-electron chi connectivity index (χ2n) is 4.84. The number of halogens is 2. The number of ether oxygens (including phenoxy) is 1. The Morgan fingerprint density at radius 3 is 2.55 bits per heavy atom. The maximum atomic E-state index is 12.7. The van der Waals surface area contributed by atoms with Crippen LogP contribution in [0.1, 0.15) is 25.8 Å². The normalized spacial score (nSPS) is 14.4. The Balaban J connectivity index is 2.34. The van der Waals surface area contributed by atoms with Crippen molar-refractivity contribution in [2.75, 3.05) is 0 Å². The van der Waals surface area contributed by atoms with Gasteiger partial charge >= 0.3 is 6.09 Å². The summed E-state index contributed by atoms with van der Waals surface area (Å²) in [6.07, 6.45) is -2.80. The standard InChI is InChI=1S/C14H19F2NO3/c1-10(12(18)8-14(2,15)16)17-13(19)20-9-11-6-4-3-5-7-11/h3-7,10,12,18H,8-9H2,1-2H3,(H,17,19). The zero-order valence-electron chi connectivity index (χ0n) is 11.5. The zero-order valence-corrected chi connectivity index (χ0v) is 11.5. The molecule has 0 bridgehead atoms. The Labute approximate surface area is 116 Å². The molecular weight excluding hydrogens is 268 g/mol. The fraction of sp³-hybridized carbons (Fsp3) is 0.500. The van der Waals surface area contributed by atoms with Crippen LogP contribution in [0.2, 0.25) is 0 Å². The van der Waals surface area contributed by atoms with Gasteiger partial charge in [0.2, 0.25) is 5.92 Å². The van der Waals surface area contributed by atoms with Gasteiger partial charge in [0.1, 0.15) is 6.61 Å². The number of alkyl halides is 2. The first-order chi connectivity index (χ1) is 9.28. The summed E-state index contributed by atoms with van der Waals surface area (Å²) in [4.78, 5) is 11.5. The summed E-state index contributed by atoms with van der Waals surface area (Å²) >= 11 is 0. The fourth-order valence-electron chi connectivity index (χ4n) is 1.59. The lowest BCUT2D eigenvalue weighted by atomic mass is 10.1. The number of alkyl carbamates (subject to hydrolysis) is 1. The molecule has 4 nitrogen and oxygen atoms in total. The van der Waals surface area contributed by atoms with Gasteiger partial charge in [-0.15, -0.1) is 0 Å². The van der Waals surface area contributed by atoms with Crippen LogP contribution in [0, 0.1) is 0 Å². The summed E-state index contributed by atoms with van der Waals surface area (Å²) in [6, 6.07) is 8.24. The quantitative estimate of drug-likeness (QED) is 0.845. The van der Waals surface area contributed by atoms with Gasteiger partial charge in [-0.2, -0.15) is 0 Å². The number of hydrogen-bond donors (Lipinski definition) is 2. The Hall–Kier alpha value is -1.69. The molecule has 6 heteroatoms. The molecule has 0 spiro atoms. The first-order valence-corrected chi connectivity index (χ1v) is 6.31. The first kappa shape index (κ1) is 16.4. The first-order valence-electron chi connectivity index (χ1n) is 6.31. The lowest BCUT2D eigenvalue weighted by molar-refractivity contribution is -0.0354. The predicted octanol–water partition coefficient (Wildman–Crippen LogP) is 2.71.